The van der Waals surface area contributed by atoms with Crippen LogP contribution in [-0.2, 0) is 6.42 Å². The van der Waals surface area contributed by atoms with Crippen molar-refractivity contribution >= 4 is 17.4 Å². The number of aromatic nitrogens is 2. The zero-order valence-electron chi connectivity index (χ0n) is 12.2. The highest BCUT2D eigenvalue weighted by molar-refractivity contribution is 6.30. The van der Waals surface area contributed by atoms with Gasteiger partial charge in [0, 0.05) is 18.7 Å². The molecule has 0 bridgehead atoms. The smallest absolute Gasteiger partial charge is 0.137 e. The van der Waals surface area contributed by atoms with E-state index >= 15 is 0 Å². The van der Waals surface area contributed by atoms with Crippen molar-refractivity contribution in [3.63, 3.8) is 0 Å². The molecule has 1 aromatic rings. The second-order valence-electron chi connectivity index (χ2n) is 5.66. The standard InChI is InChI=1S/C15H24ClN3/c1-4-7-12-14(16)17-10-18-15(12)19(3)13-9-6-5-8-11(13)2/h10-11,13H,4-9H2,1-3H3. The monoisotopic (exact) mass is 281 g/mol. The molecule has 2 unspecified atom stereocenters. The molecule has 1 aliphatic rings. The van der Waals surface area contributed by atoms with Gasteiger partial charge in [0.15, 0.2) is 0 Å². The first-order chi connectivity index (χ1) is 9.15. The first-order valence-corrected chi connectivity index (χ1v) is 7.75. The van der Waals surface area contributed by atoms with Crippen molar-refractivity contribution in [3.8, 4) is 0 Å². The maximum atomic E-state index is 6.25. The third-order valence-electron chi connectivity index (χ3n) is 4.27. The zero-order valence-corrected chi connectivity index (χ0v) is 13.0. The Morgan fingerprint density at radius 3 is 2.74 bits per heavy atom. The highest BCUT2D eigenvalue weighted by Gasteiger charge is 2.27. The van der Waals surface area contributed by atoms with E-state index in [-0.39, 0.29) is 0 Å². The maximum Gasteiger partial charge on any atom is 0.137 e. The predicted molar refractivity (Wildman–Crippen MR) is 80.9 cm³/mol. The van der Waals surface area contributed by atoms with Gasteiger partial charge in [0.25, 0.3) is 0 Å². The second kappa shape index (κ2) is 6.56. The molecule has 0 spiro atoms. The van der Waals surface area contributed by atoms with Crippen LogP contribution in [0.5, 0.6) is 0 Å². The molecule has 0 N–H and O–H groups in total. The molecule has 0 saturated heterocycles. The molecule has 1 heterocycles. The zero-order chi connectivity index (χ0) is 13.8. The molecule has 0 amide bonds. The summed E-state index contributed by atoms with van der Waals surface area (Å²) in [5.74, 6) is 1.75. The van der Waals surface area contributed by atoms with Crippen molar-refractivity contribution in [2.45, 2.75) is 58.4 Å². The first-order valence-electron chi connectivity index (χ1n) is 7.37. The molecule has 0 radical (unpaired) electrons. The molecule has 0 aliphatic heterocycles. The predicted octanol–water partition coefficient (Wildman–Crippen LogP) is 4.10. The fourth-order valence-electron chi connectivity index (χ4n) is 3.18. The summed E-state index contributed by atoms with van der Waals surface area (Å²) in [4.78, 5) is 11.0. The lowest BCUT2D eigenvalue weighted by Crippen LogP contribution is -2.40. The van der Waals surface area contributed by atoms with Crippen molar-refractivity contribution in [2.24, 2.45) is 5.92 Å². The van der Waals surface area contributed by atoms with E-state index in [4.69, 9.17) is 11.6 Å². The van der Waals surface area contributed by atoms with Crippen molar-refractivity contribution in [1.29, 1.82) is 0 Å². The molecular formula is C15H24ClN3. The Kier molecular flexibility index (Phi) is 5.03. The quantitative estimate of drug-likeness (QED) is 0.778. The van der Waals surface area contributed by atoms with Crippen molar-refractivity contribution in [2.75, 3.05) is 11.9 Å². The highest BCUT2D eigenvalue weighted by atomic mass is 35.5. The van der Waals surface area contributed by atoms with E-state index in [2.05, 4.69) is 35.8 Å². The third kappa shape index (κ3) is 3.19. The molecule has 2 atom stereocenters. The first kappa shape index (κ1) is 14.6. The van der Waals surface area contributed by atoms with Crippen LogP contribution in [0.3, 0.4) is 0 Å². The maximum absolute atomic E-state index is 6.25. The number of hydrogen-bond donors (Lipinski definition) is 0. The van der Waals surface area contributed by atoms with Crippen molar-refractivity contribution in [1.82, 2.24) is 9.97 Å². The minimum Gasteiger partial charge on any atom is -0.356 e. The molecule has 1 aliphatic carbocycles. The van der Waals surface area contributed by atoms with Crippen LogP contribution in [0.15, 0.2) is 6.33 Å². The van der Waals surface area contributed by atoms with Crippen LogP contribution in [0.2, 0.25) is 5.15 Å². The Morgan fingerprint density at radius 1 is 1.32 bits per heavy atom. The minimum atomic E-state index is 0.579. The molecular weight excluding hydrogens is 258 g/mol. The molecule has 1 saturated carbocycles. The molecule has 4 heteroatoms. The van der Waals surface area contributed by atoms with E-state index in [1.165, 1.54) is 25.7 Å². The van der Waals surface area contributed by atoms with Gasteiger partial charge in [0.2, 0.25) is 0 Å². The molecule has 3 nitrogen and oxygen atoms in total. The average Bonchev–Trinajstić information content (AvgIpc) is 2.41. The Hall–Kier alpha value is -0.830. The summed E-state index contributed by atoms with van der Waals surface area (Å²) in [6.07, 6.45) is 8.84. The molecule has 106 valence electrons. The summed E-state index contributed by atoms with van der Waals surface area (Å²) in [6, 6.07) is 0.579. The summed E-state index contributed by atoms with van der Waals surface area (Å²) in [7, 11) is 2.16. The summed E-state index contributed by atoms with van der Waals surface area (Å²) in [5, 5.41) is 0.613. The van der Waals surface area contributed by atoms with Gasteiger partial charge in [-0.1, -0.05) is 44.7 Å². The van der Waals surface area contributed by atoms with Gasteiger partial charge in [-0.2, -0.15) is 0 Å². The van der Waals surface area contributed by atoms with Gasteiger partial charge in [-0.15, -0.1) is 0 Å². The largest absolute Gasteiger partial charge is 0.356 e. The lowest BCUT2D eigenvalue weighted by atomic mass is 9.85. The van der Waals surface area contributed by atoms with E-state index in [9.17, 15) is 0 Å². The topological polar surface area (TPSA) is 29.0 Å². The molecule has 1 aromatic heterocycles. The number of halogens is 1. The van der Waals surface area contributed by atoms with Crippen LogP contribution in [-0.4, -0.2) is 23.1 Å². The number of hydrogen-bond acceptors (Lipinski definition) is 3. The van der Waals surface area contributed by atoms with Crippen LogP contribution in [0, 0.1) is 5.92 Å². The number of anilines is 1. The van der Waals surface area contributed by atoms with Gasteiger partial charge in [0.05, 0.1) is 0 Å². The van der Waals surface area contributed by atoms with E-state index < -0.39 is 0 Å². The van der Waals surface area contributed by atoms with Gasteiger partial charge in [-0.25, -0.2) is 9.97 Å². The van der Waals surface area contributed by atoms with Gasteiger partial charge in [0.1, 0.15) is 17.3 Å². The van der Waals surface area contributed by atoms with E-state index in [0.717, 1.165) is 30.1 Å². The van der Waals surface area contributed by atoms with E-state index in [1.54, 1.807) is 6.33 Å². The van der Waals surface area contributed by atoms with Gasteiger partial charge in [-0.3, -0.25) is 0 Å². The number of nitrogens with zero attached hydrogens (tertiary/aromatic N) is 3. The van der Waals surface area contributed by atoms with Crippen LogP contribution in [0.25, 0.3) is 0 Å². The summed E-state index contributed by atoms with van der Waals surface area (Å²) in [5.41, 5.74) is 1.10. The van der Waals surface area contributed by atoms with Gasteiger partial charge >= 0.3 is 0 Å². The van der Waals surface area contributed by atoms with E-state index in [0.29, 0.717) is 11.2 Å². The minimum absolute atomic E-state index is 0.579. The third-order valence-corrected chi connectivity index (χ3v) is 4.59. The molecule has 1 fully saturated rings. The van der Waals surface area contributed by atoms with Gasteiger partial charge in [-0.05, 0) is 25.2 Å². The Morgan fingerprint density at radius 2 is 2.05 bits per heavy atom. The van der Waals surface area contributed by atoms with Crippen molar-refractivity contribution in [3.05, 3.63) is 17.0 Å². The Balaban J connectivity index is 2.27. The Bertz CT molecular complexity index is 422. The lowest BCUT2D eigenvalue weighted by Gasteiger charge is -2.37. The summed E-state index contributed by atoms with van der Waals surface area (Å²) >= 11 is 6.25. The van der Waals surface area contributed by atoms with Crippen LogP contribution in [0.1, 0.15) is 51.5 Å². The normalized spacial score (nSPS) is 23.4. The van der Waals surface area contributed by atoms with Crippen LogP contribution < -0.4 is 4.90 Å². The van der Waals surface area contributed by atoms with E-state index in [1.807, 2.05) is 0 Å². The van der Waals surface area contributed by atoms with Crippen molar-refractivity contribution < 1.29 is 0 Å². The second-order valence-corrected chi connectivity index (χ2v) is 6.01. The van der Waals surface area contributed by atoms with Crippen LogP contribution >= 0.6 is 11.6 Å². The Labute approximate surface area is 121 Å². The fraction of sp³-hybridized carbons (Fsp3) is 0.733. The highest BCUT2D eigenvalue weighted by Crippen LogP contribution is 2.32. The average molecular weight is 282 g/mol. The number of rotatable bonds is 4. The summed E-state index contributed by atoms with van der Waals surface area (Å²) in [6.45, 7) is 4.51. The van der Waals surface area contributed by atoms with Gasteiger partial charge < -0.3 is 4.90 Å². The lowest BCUT2D eigenvalue weighted by molar-refractivity contribution is 0.320. The SMILES string of the molecule is CCCc1c(Cl)ncnc1N(C)C1CCCCC1C. The molecule has 19 heavy (non-hydrogen) atoms. The fourth-order valence-corrected chi connectivity index (χ4v) is 3.40. The van der Waals surface area contributed by atoms with Crippen LogP contribution in [0.4, 0.5) is 5.82 Å². The molecule has 0 aromatic carbocycles. The summed E-state index contributed by atoms with van der Waals surface area (Å²) < 4.78 is 0. The molecule has 2 rings (SSSR count).